The van der Waals surface area contributed by atoms with Crippen molar-refractivity contribution in [1.82, 2.24) is 0 Å². The molecule has 0 bridgehead atoms. The van der Waals surface area contributed by atoms with Crippen LogP contribution >= 0.6 is 13.6 Å². The number of hydrogen-bond donors (Lipinski definition) is 0. The van der Waals surface area contributed by atoms with Crippen LogP contribution in [-0.2, 0) is 22.9 Å². The van der Waals surface area contributed by atoms with E-state index in [-0.39, 0.29) is 0 Å². The molecule has 16 heavy (non-hydrogen) atoms. The molecular formula is C13H11BrOZn. The fourth-order valence-electron chi connectivity index (χ4n) is 1.21. The minimum atomic E-state index is 0.616. The summed E-state index contributed by atoms with van der Waals surface area (Å²) in [6, 6.07) is 20.6. The van der Waals surface area contributed by atoms with Gasteiger partial charge >= 0.3 is 30.0 Å². The Kier molecular flexibility index (Phi) is 7.12. The van der Waals surface area contributed by atoms with Crippen molar-refractivity contribution in [3.63, 3.8) is 0 Å². The summed E-state index contributed by atoms with van der Waals surface area (Å²) in [5, 5.41) is 0. The Morgan fingerprint density at radius 1 is 1.00 bits per heavy atom. The third-order valence-electron chi connectivity index (χ3n) is 1.94. The molecule has 78 valence electrons. The number of hydrogen-bond acceptors (Lipinski definition) is 1. The number of benzene rings is 2. The van der Waals surface area contributed by atoms with Gasteiger partial charge in [-0.1, -0.05) is 30.3 Å². The van der Waals surface area contributed by atoms with E-state index in [1.165, 1.54) is 21.9 Å². The van der Waals surface area contributed by atoms with Crippen LogP contribution in [0.4, 0.5) is 0 Å². The molecule has 2 aromatic carbocycles. The van der Waals surface area contributed by atoms with Gasteiger partial charge in [-0.15, -0.1) is 12.1 Å². The molecule has 0 aliphatic carbocycles. The van der Waals surface area contributed by atoms with Crippen LogP contribution in [0.25, 0.3) is 0 Å². The van der Waals surface area contributed by atoms with Gasteiger partial charge < -0.3 is 4.74 Å². The second-order valence-corrected chi connectivity index (χ2v) is 3.01. The van der Waals surface area contributed by atoms with E-state index in [2.05, 4.69) is 31.8 Å². The van der Waals surface area contributed by atoms with Gasteiger partial charge in [-0.3, -0.25) is 0 Å². The standard InChI is InChI=1S/C13H11O.BrH.Zn/c1-3-7-12(8-4-1)11-14-13-9-5-2-6-10-13;;/h1,3-10H,11H2;1H;/q-1;;+2/p-1. The third kappa shape index (κ3) is 4.91. The topological polar surface area (TPSA) is 9.23 Å². The number of rotatable bonds is 3. The molecule has 0 N–H and O–H groups in total. The molecule has 0 aromatic heterocycles. The summed E-state index contributed by atoms with van der Waals surface area (Å²) in [7, 11) is 0. The Morgan fingerprint density at radius 3 is 2.25 bits per heavy atom. The van der Waals surface area contributed by atoms with Crippen molar-refractivity contribution in [1.29, 1.82) is 0 Å². The van der Waals surface area contributed by atoms with Crippen molar-refractivity contribution in [3.8, 4) is 5.75 Å². The van der Waals surface area contributed by atoms with E-state index in [1.54, 1.807) is 0 Å². The van der Waals surface area contributed by atoms with E-state index in [4.69, 9.17) is 4.74 Å². The van der Waals surface area contributed by atoms with Crippen molar-refractivity contribution in [2.45, 2.75) is 6.61 Å². The van der Waals surface area contributed by atoms with Crippen LogP contribution in [0.1, 0.15) is 5.56 Å². The molecule has 0 spiro atoms. The fourth-order valence-corrected chi connectivity index (χ4v) is 1.21. The molecule has 2 rings (SSSR count). The van der Waals surface area contributed by atoms with Crippen LogP contribution in [0.15, 0.2) is 54.6 Å². The van der Waals surface area contributed by atoms with Gasteiger partial charge in [-0.25, -0.2) is 0 Å². The molecule has 0 saturated carbocycles. The maximum atomic E-state index is 5.57. The van der Waals surface area contributed by atoms with E-state index in [9.17, 15) is 0 Å². The van der Waals surface area contributed by atoms with Crippen molar-refractivity contribution in [2.75, 3.05) is 0 Å². The van der Waals surface area contributed by atoms with E-state index >= 15 is 0 Å². The predicted molar refractivity (Wildman–Crippen MR) is 65.0 cm³/mol. The summed E-state index contributed by atoms with van der Waals surface area (Å²) >= 11 is 4.25. The Balaban J connectivity index is 0.000000606. The Morgan fingerprint density at radius 2 is 1.62 bits per heavy atom. The Hall–Kier alpha value is -0.657. The quantitative estimate of drug-likeness (QED) is 0.613. The second kappa shape index (κ2) is 8.49. The first kappa shape index (κ1) is 13.4. The van der Waals surface area contributed by atoms with Gasteiger partial charge in [-0.2, -0.15) is 18.2 Å². The summed E-state index contributed by atoms with van der Waals surface area (Å²) in [6.07, 6.45) is 0. The average molecular weight is 329 g/mol. The normalized spacial score (nSPS) is 8.94. The van der Waals surface area contributed by atoms with Gasteiger partial charge in [0.25, 0.3) is 0 Å². The Labute approximate surface area is 113 Å². The van der Waals surface area contributed by atoms with Crippen molar-refractivity contribution < 1.29 is 21.1 Å². The minimum Gasteiger partial charge on any atom is -0.514 e. The SMILES string of the molecule is [Zn+][Br].[c-]1ccc(OCc2ccccc2)cc1. The zero-order valence-electron chi connectivity index (χ0n) is 8.90. The zero-order chi connectivity index (χ0) is 11.6. The zero-order valence-corrected chi connectivity index (χ0v) is 13.4. The maximum Gasteiger partial charge on any atom is 0.110 e. The van der Waals surface area contributed by atoms with Crippen LogP contribution in [0, 0.1) is 6.07 Å². The van der Waals surface area contributed by atoms with Gasteiger partial charge in [-0.05, 0) is 5.56 Å². The van der Waals surface area contributed by atoms with Crippen LogP contribution in [0.5, 0.6) is 5.75 Å². The number of ether oxygens (including phenoxy) is 1. The summed E-state index contributed by atoms with van der Waals surface area (Å²) in [4.78, 5) is 0. The van der Waals surface area contributed by atoms with Crippen LogP contribution in [-0.4, -0.2) is 0 Å². The van der Waals surface area contributed by atoms with Gasteiger partial charge in [0.05, 0.1) is 0 Å². The molecule has 0 atom stereocenters. The molecular weight excluding hydrogens is 317 g/mol. The van der Waals surface area contributed by atoms with Crippen molar-refractivity contribution in [2.24, 2.45) is 0 Å². The molecule has 3 heteroatoms. The predicted octanol–water partition coefficient (Wildman–Crippen LogP) is 3.91. The molecule has 0 aliphatic heterocycles. The van der Waals surface area contributed by atoms with Gasteiger partial charge in [0.1, 0.15) is 6.61 Å². The summed E-state index contributed by atoms with van der Waals surface area (Å²) < 4.78 is 5.57. The molecule has 0 radical (unpaired) electrons. The second-order valence-electron chi connectivity index (χ2n) is 3.01. The van der Waals surface area contributed by atoms with Gasteiger partial charge in [0, 0.05) is 5.75 Å². The van der Waals surface area contributed by atoms with Gasteiger partial charge in [0.2, 0.25) is 0 Å². The molecule has 0 amide bonds. The first-order valence-corrected chi connectivity index (χ1v) is 11.8. The van der Waals surface area contributed by atoms with Crippen LogP contribution < -0.4 is 4.74 Å². The van der Waals surface area contributed by atoms with E-state index < -0.39 is 0 Å². The smallest absolute Gasteiger partial charge is 0.110 e. The van der Waals surface area contributed by atoms with E-state index in [0.717, 1.165) is 5.75 Å². The Bertz CT molecular complexity index is 338. The minimum absolute atomic E-state index is 0.616. The van der Waals surface area contributed by atoms with E-state index in [0.29, 0.717) is 6.61 Å². The fraction of sp³-hybridized carbons (Fsp3) is 0.0769. The maximum absolute atomic E-state index is 5.57. The summed E-state index contributed by atoms with van der Waals surface area (Å²) in [5.41, 5.74) is 1.18. The van der Waals surface area contributed by atoms with Crippen LogP contribution in [0.3, 0.4) is 0 Å². The molecule has 0 fully saturated rings. The van der Waals surface area contributed by atoms with Crippen molar-refractivity contribution in [3.05, 3.63) is 66.2 Å². The molecule has 0 unspecified atom stereocenters. The monoisotopic (exact) mass is 326 g/mol. The molecule has 0 saturated heterocycles. The third-order valence-corrected chi connectivity index (χ3v) is 1.94. The molecule has 2 aromatic rings. The molecule has 1 nitrogen and oxygen atoms in total. The summed E-state index contributed by atoms with van der Waals surface area (Å²) in [5.74, 6) is 0.882. The summed E-state index contributed by atoms with van der Waals surface area (Å²) in [6.45, 7) is 0.616. The average Bonchev–Trinajstić information content (AvgIpc) is 2.41. The first-order valence-electron chi connectivity index (χ1n) is 4.85. The first-order chi connectivity index (χ1) is 7.95. The van der Waals surface area contributed by atoms with E-state index in [1.807, 2.05) is 42.5 Å². The van der Waals surface area contributed by atoms with Crippen molar-refractivity contribution >= 4 is 13.6 Å². The molecule has 0 aliphatic rings. The van der Waals surface area contributed by atoms with Gasteiger partial charge in [0.15, 0.2) is 0 Å². The largest absolute Gasteiger partial charge is 0.514 e. The number of halogens is 1. The molecule has 0 heterocycles. The van der Waals surface area contributed by atoms with Crippen LogP contribution in [0.2, 0.25) is 0 Å².